The highest BCUT2D eigenvalue weighted by Gasteiger charge is 2.09. The van der Waals surface area contributed by atoms with Gasteiger partial charge >= 0.3 is 6.03 Å². The first kappa shape index (κ1) is 18.4. The van der Waals surface area contributed by atoms with Crippen molar-refractivity contribution in [3.05, 3.63) is 60.6 Å². The Kier molecular flexibility index (Phi) is 5.02. The first-order valence-corrected chi connectivity index (χ1v) is 9.10. The molecule has 0 aliphatic rings. The number of amides is 2. The van der Waals surface area contributed by atoms with E-state index in [2.05, 4.69) is 30.7 Å². The summed E-state index contributed by atoms with van der Waals surface area (Å²) < 4.78 is 1.76. The first-order valence-electron chi connectivity index (χ1n) is 9.10. The van der Waals surface area contributed by atoms with Crippen LogP contribution in [0.1, 0.15) is 12.5 Å². The maximum atomic E-state index is 11.7. The predicted molar refractivity (Wildman–Crippen MR) is 108 cm³/mol. The Hall–Kier alpha value is -4.01. The number of fused-ring (bicyclic) bond motifs is 1. The number of nitrogens with one attached hydrogen (secondary N) is 2. The number of aromatic nitrogens is 5. The predicted octanol–water partition coefficient (Wildman–Crippen LogP) is 2.78. The van der Waals surface area contributed by atoms with Gasteiger partial charge in [-0.15, -0.1) is 0 Å². The quantitative estimate of drug-likeness (QED) is 0.483. The highest BCUT2D eigenvalue weighted by atomic mass is 16.3. The first-order chi connectivity index (χ1) is 14.1. The molecule has 3 N–H and O–H groups in total. The molecular formula is C20H19N7O2. The summed E-state index contributed by atoms with van der Waals surface area (Å²) >= 11 is 0. The number of carbonyl (C=O) groups excluding carboxylic acids is 1. The third-order valence-corrected chi connectivity index (χ3v) is 4.17. The summed E-state index contributed by atoms with van der Waals surface area (Å²) in [5.41, 5.74) is 3.41. The van der Waals surface area contributed by atoms with Gasteiger partial charge in [0.05, 0.1) is 24.6 Å². The minimum absolute atomic E-state index is 0.221. The number of anilines is 1. The summed E-state index contributed by atoms with van der Waals surface area (Å²) in [5, 5.41) is 19.3. The van der Waals surface area contributed by atoms with Gasteiger partial charge in [-0.3, -0.25) is 15.0 Å². The molecule has 0 fully saturated rings. The number of pyridine rings is 1. The highest BCUT2D eigenvalue weighted by molar-refractivity contribution is 5.89. The van der Waals surface area contributed by atoms with Crippen molar-refractivity contribution in [1.29, 1.82) is 0 Å². The number of phenols is 1. The molecule has 0 saturated carbocycles. The fourth-order valence-corrected chi connectivity index (χ4v) is 2.85. The van der Waals surface area contributed by atoms with Gasteiger partial charge in [-0.05, 0) is 36.8 Å². The number of hydrogen-bond acceptors (Lipinski definition) is 6. The molecule has 146 valence electrons. The highest BCUT2D eigenvalue weighted by Crippen LogP contribution is 2.20. The van der Waals surface area contributed by atoms with Crippen molar-refractivity contribution in [3.63, 3.8) is 0 Å². The molecule has 4 rings (SSSR count). The molecule has 3 aromatic heterocycles. The number of carbonyl (C=O) groups is 1. The number of rotatable bonds is 5. The van der Waals surface area contributed by atoms with Crippen molar-refractivity contribution >= 4 is 23.0 Å². The Bertz CT molecular complexity index is 1170. The van der Waals surface area contributed by atoms with Crippen LogP contribution in [-0.2, 0) is 6.54 Å². The van der Waals surface area contributed by atoms with Crippen LogP contribution in [0.5, 0.6) is 5.75 Å². The molecule has 0 atom stereocenters. The summed E-state index contributed by atoms with van der Waals surface area (Å²) in [6.45, 7) is 2.88. The minimum atomic E-state index is -0.323. The Morgan fingerprint density at radius 3 is 2.90 bits per heavy atom. The van der Waals surface area contributed by atoms with E-state index in [0.717, 1.165) is 11.1 Å². The van der Waals surface area contributed by atoms with E-state index < -0.39 is 0 Å². The van der Waals surface area contributed by atoms with E-state index >= 15 is 0 Å². The SMILES string of the molecule is CCNC(=O)Nc1ccc2ncc(-c3cnn(Cc4cccc(O)c4)c3)nc2n1. The second kappa shape index (κ2) is 7.93. The maximum absolute atomic E-state index is 11.7. The number of phenolic OH excluding ortho intramolecular Hbond substituents is 1. The van der Waals surface area contributed by atoms with Crippen LogP contribution in [0.4, 0.5) is 10.6 Å². The smallest absolute Gasteiger partial charge is 0.320 e. The molecule has 1 aromatic carbocycles. The summed E-state index contributed by atoms with van der Waals surface area (Å²) in [6, 6.07) is 10.2. The summed E-state index contributed by atoms with van der Waals surface area (Å²) in [6.07, 6.45) is 5.22. The van der Waals surface area contributed by atoms with E-state index in [1.54, 1.807) is 47.4 Å². The zero-order chi connectivity index (χ0) is 20.2. The molecule has 0 bridgehead atoms. The zero-order valence-corrected chi connectivity index (χ0v) is 15.7. The average molecular weight is 389 g/mol. The summed E-state index contributed by atoms with van der Waals surface area (Å²) in [7, 11) is 0. The van der Waals surface area contributed by atoms with Crippen molar-refractivity contribution < 1.29 is 9.90 Å². The zero-order valence-electron chi connectivity index (χ0n) is 15.7. The summed E-state index contributed by atoms with van der Waals surface area (Å²) in [5.74, 6) is 0.618. The summed E-state index contributed by atoms with van der Waals surface area (Å²) in [4.78, 5) is 25.0. The second-order valence-corrected chi connectivity index (χ2v) is 6.38. The van der Waals surface area contributed by atoms with Gasteiger partial charge in [0.1, 0.15) is 17.1 Å². The molecule has 29 heavy (non-hydrogen) atoms. The van der Waals surface area contributed by atoms with Crippen molar-refractivity contribution in [3.8, 4) is 17.0 Å². The molecule has 0 spiro atoms. The van der Waals surface area contributed by atoms with Crippen LogP contribution in [0.25, 0.3) is 22.4 Å². The van der Waals surface area contributed by atoms with Crippen molar-refractivity contribution in [2.75, 3.05) is 11.9 Å². The van der Waals surface area contributed by atoms with Gasteiger partial charge in [0.15, 0.2) is 5.65 Å². The molecule has 2 amide bonds. The molecule has 4 aromatic rings. The Morgan fingerprint density at radius 2 is 2.07 bits per heavy atom. The van der Waals surface area contributed by atoms with Crippen molar-refractivity contribution in [2.45, 2.75) is 13.5 Å². The number of aromatic hydroxyl groups is 1. The third-order valence-electron chi connectivity index (χ3n) is 4.17. The van der Waals surface area contributed by atoms with E-state index in [4.69, 9.17) is 0 Å². The van der Waals surface area contributed by atoms with Gasteiger partial charge in [-0.2, -0.15) is 5.10 Å². The minimum Gasteiger partial charge on any atom is -0.508 e. The fraction of sp³-hybridized carbons (Fsp3) is 0.150. The molecular weight excluding hydrogens is 370 g/mol. The van der Waals surface area contributed by atoms with Gasteiger partial charge in [0.25, 0.3) is 0 Å². The van der Waals surface area contributed by atoms with Crippen LogP contribution in [0.15, 0.2) is 55.0 Å². The van der Waals surface area contributed by atoms with Crippen LogP contribution in [-0.4, -0.2) is 42.4 Å². The lowest BCUT2D eigenvalue weighted by atomic mass is 10.2. The second-order valence-electron chi connectivity index (χ2n) is 6.38. The molecule has 3 heterocycles. The number of hydrogen-bond donors (Lipinski definition) is 3. The van der Waals surface area contributed by atoms with E-state index in [0.29, 0.717) is 35.8 Å². The lowest BCUT2D eigenvalue weighted by Gasteiger charge is -2.06. The van der Waals surface area contributed by atoms with Crippen LogP contribution >= 0.6 is 0 Å². The molecule has 0 aliphatic heterocycles. The fourth-order valence-electron chi connectivity index (χ4n) is 2.85. The lowest BCUT2D eigenvalue weighted by molar-refractivity contribution is 0.252. The molecule has 0 aliphatic carbocycles. The van der Waals surface area contributed by atoms with E-state index in [1.165, 1.54) is 0 Å². The van der Waals surface area contributed by atoms with Gasteiger partial charge in [0, 0.05) is 18.3 Å². The third kappa shape index (κ3) is 4.29. The maximum Gasteiger partial charge on any atom is 0.320 e. The van der Waals surface area contributed by atoms with Crippen LogP contribution < -0.4 is 10.6 Å². The van der Waals surface area contributed by atoms with Crippen LogP contribution in [0, 0.1) is 0 Å². The molecule has 0 saturated heterocycles. The van der Waals surface area contributed by atoms with Gasteiger partial charge in [0.2, 0.25) is 0 Å². The number of nitrogens with zero attached hydrogens (tertiary/aromatic N) is 5. The normalized spacial score (nSPS) is 10.8. The van der Waals surface area contributed by atoms with E-state index in [-0.39, 0.29) is 11.8 Å². The van der Waals surface area contributed by atoms with E-state index in [9.17, 15) is 9.90 Å². The van der Waals surface area contributed by atoms with Crippen molar-refractivity contribution in [2.24, 2.45) is 0 Å². The molecule has 9 heteroatoms. The Morgan fingerprint density at radius 1 is 1.17 bits per heavy atom. The topological polar surface area (TPSA) is 118 Å². The van der Waals surface area contributed by atoms with Crippen LogP contribution in [0.3, 0.4) is 0 Å². The number of urea groups is 1. The van der Waals surface area contributed by atoms with Crippen LogP contribution in [0.2, 0.25) is 0 Å². The van der Waals surface area contributed by atoms with Gasteiger partial charge in [-0.25, -0.2) is 14.8 Å². The number of benzene rings is 1. The lowest BCUT2D eigenvalue weighted by Crippen LogP contribution is -2.28. The average Bonchev–Trinajstić information content (AvgIpc) is 3.16. The Balaban J connectivity index is 1.57. The van der Waals surface area contributed by atoms with Gasteiger partial charge in [-0.1, -0.05) is 12.1 Å². The molecule has 9 nitrogen and oxygen atoms in total. The molecule has 0 radical (unpaired) electrons. The van der Waals surface area contributed by atoms with E-state index in [1.807, 2.05) is 19.2 Å². The monoisotopic (exact) mass is 389 g/mol. The van der Waals surface area contributed by atoms with Crippen molar-refractivity contribution in [1.82, 2.24) is 30.0 Å². The van der Waals surface area contributed by atoms with Gasteiger partial charge < -0.3 is 10.4 Å². The standard InChI is InChI=1S/C20H19N7O2/c1-2-21-20(29)26-18-7-6-16-19(25-18)24-17(10-22-16)14-9-23-27(12-14)11-13-4-3-5-15(28)8-13/h3-10,12,28H,2,11H2,1H3,(H2,21,24,25,26,29). The Labute approximate surface area is 166 Å². The molecule has 0 unspecified atom stereocenters. The largest absolute Gasteiger partial charge is 0.508 e.